The summed E-state index contributed by atoms with van der Waals surface area (Å²) in [6.45, 7) is 4.37. The molecule has 2 aliphatic rings. The fourth-order valence-corrected chi connectivity index (χ4v) is 2.40. The van der Waals surface area contributed by atoms with Gasteiger partial charge in [0.1, 0.15) is 5.54 Å². The summed E-state index contributed by atoms with van der Waals surface area (Å²) < 4.78 is 0. The van der Waals surface area contributed by atoms with E-state index in [1.165, 1.54) is 6.92 Å². The van der Waals surface area contributed by atoms with Crippen LogP contribution >= 0.6 is 0 Å². The predicted molar refractivity (Wildman–Crippen MR) is 71.9 cm³/mol. The van der Waals surface area contributed by atoms with Gasteiger partial charge in [-0.05, 0) is 32.1 Å². The van der Waals surface area contributed by atoms with Gasteiger partial charge in [-0.2, -0.15) is 0 Å². The number of nitrogens with zero attached hydrogens (tertiary/aromatic N) is 1. The van der Waals surface area contributed by atoms with Crippen LogP contribution in [0.2, 0.25) is 0 Å². The quantitative estimate of drug-likeness (QED) is 0.747. The molecule has 2 N–H and O–H groups in total. The second-order valence-corrected chi connectivity index (χ2v) is 6.12. The van der Waals surface area contributed by atoms with Crippen molar-refractivity contribution in [2.75, 3.05) is 13.1 Å². The minimum Gasteiger partial charge on any atom is -0.480 e. The molecule has 2 fully saturated rings. The molecule has 0 bridgehead atoms. The number of rotatable bonds is 6. The molecule has 1 aliphatic heterocycles. The Hall–Kier alpha value is -1.59. The Morgan fingerprint density at radius 3 is 2.60 bits per heavy atom. The van der Waals surface area contributed by atoms with Crippen LogP contribution in [0, 0.1) is 11.8 Å². The second kappa shape index (κ2) is 5.42. The van der Waals surface area contributed by atoms with Crippen molar-refractivity contribution in [3.63, 3.8) is 0 Å². The van der Waals surface area contributed by atoms with Gasteiger partial charge in [-0.1, -0.05) is 6.92 Å². The largest absolute Gasteiger partial charge is 0.480 e. The first-order chi connectivity index (χ1) is 9.35. The average Bonchev–Trinajstić information content (AvgIpc) is 3.12. The molecule has 6 nitrogen and oxygen atoms in total. The van der Waals surface area contributed by atoms with Gasteiger partial charge in [0.05, 0.1) is 5.92 Å². The zero-order valence-corrected chi connectivity index (χ0v) is 12.0. The first-order valence-electron chi connectivity index (χ1n) is 7.19. The molecule has 2 amide bonds. The Bertz CT molecular complexity index is 433. The van der Waals surface area contributed by atoms with Crippen LogP contribution in [0.5, 0.6) is 0 Å². The smallest absolute Gasteiger partial charge is 0.329 e. The summed E-state index contributed by atoms with van der Waals surface area (Å²) in [6.07, 6.45) is 2.82. The Balaban J connectivity index is 1.93. The van der Waals surface area contributed by atoms with Crippen LogP contribution in [-0.2, 0) is 14.4 Å². The molecule has 1 aliphatic carbocycles. The number of carbonyl (C=O) groups is 3. The molecule has 20 heavy (non-hydrogen) atoms. The maximum absolute atomic E-state index is 12.2. The lowest BCUT2D eigenvalue weighted by Gasteiger charge is -2.26. The summed E-state index contributed by atoms with van der Waals surface area (Å²) >= 11 is 0. The van der Waals surface area contributed by atoms with Crippen molar-refractivity contribution in [1.82, 2.24) is 10.2 Å². The third kappa shape index (κ3) is 3.11. The summed E-state index contributed by atoms with van der Waals surface area (Å²) in [5.41, 5.74) is -1.26. The zero-order valence-electron chi connectivity index (χ0n) is 12.0. The molecule has 1 saturated heterocycles. The van der Waals surface area contributed by atoms with Gasteiger partial charge in [0.25, 0.3) is 0 Å². The molecule has 0 aromatic rings. The minimum absolute atomic E-state index is 0.00516. The molecule has 0 aromatic heterocycles. The van der Waals surface area contributed by atoms with Gasteiger partial charge in [0.15, 0.2) is 0 Å². The van der Waals surface area contributed by atoms with Gasteiger partial charge < -0.3 is 15.3 Å². The average molecular weight is 282 g/mol. The van der Waals surface area contributed by atoms with Crippen molar-refractivity contribution in [3.8, 4) is 0 Å². The summed E-state index contributed by atoms with van der Waals surface area (Å²) in [5.74, 6) is -1.20. The van der Waals surface area contributed by atoms with E-state index in [4.69, 9.17) is 5.11 Å². The van der Waals surface area contributed by atoms with E-state index in [0.717, 1.165) is 19.4 Å². The summed E-state index contributed by atoms with van der Waals surface area (Å²) in [7, 11) is 0. The van der Waals surface area contributed by atoms with Crippen LogP contribution in [-0.4, -0.2) is 46.4 Å². The molecule has 0 radical (unpaired) electrons. The topological polar surface area (TPSA) is 86.7 Å². The van der Waals surface area contributed by atoms with E-state index < -0.39 is 17.4 Å². The highest BCUT2D eigenvalue weighted by molar-refractivity contribution is 5.92. The van der Waals surface area contributed by atoms with E-state index in [9.17, 15) is 14.4 Å². The number of hydrogen-bond acceptors (Lipinski definition) is 3. The number of likely N-dealkylation sites (tertiary alicyclic amines) is 1. The maximum atomic E-state index is 12.2. The van der Waals surface area contributed by atoms with Crippen LogP contribution < -0.4 is 5.32 Å². The van der Waals surface area contributed by atoms with Crippen molar-refractivity contribution in [2.24, 2.45) is 11.8 Å². The van der Waals surface area contributed by atoms with Crippen molar-refractivity contribution in [3.05, 3.63) is 0 Å². The Labute approximate surface area is 118 Å². The SMILES string of the molecule is CCC(C)(NC(=O)C1CC(=O)N(CC2CC2)C1)C(=O)O. The van der Waals surface area contributed by atoms with Gasteiger partial charge in [0.2, 0.25) is 11.8 Å². The Morgan fingerprint density at radius 2 is 2.10 bits per heavy atom. The zero-order chi connectivity index (χ0) is 14.9. The van der Waals surface area contributed by atoms with Crippen LogP contribution in [0.1, 0.15) is 39.5 Å². The molecule has 0 spiro atoms. The van der Waals surface area contributed by atoms with E-state index in [0.29, 0.717) is 18.9 Å². The fraction of sp³-hybridized carbons (Fsp3) is 0.786. The van der Waals surface area contributed by atoms with E-state index in [-0.39, 0.29) is 18.2 Å². The van der Waals surface area contributed by atoms with Crippen LogP contribution in [0.15, 0.2) is 0 Å². The molecule has 1 heterocycles. The standard InChI is InChI=1S/C14H22N2O4/c1-3-14(2,13(19)20)15-12(18)10-6-11(17)16(8-10)7-9-4-5-9/h9-10H,3-8H2,1-2H3,(H,15,18)(H,19,20). The van der Waals surface area contributed by atoms with Crippen molar-refractivity contribution in [2.45, 2.75) is 45.1 Å². The van der Waals surface area contributed by atoms with Gasteiger partial charge in [-0.3, -0.25) is 9.59 Å². The van der Waals surface area contributed by atoms with E-state index in [1.54, 1.807) is 11.8 Å². The van der Waals surface area contributed by atoms with Gasteiger partial charge in [-0.25, -0.2) is 4.79 Å². The lowest BCUT2D eigenvalue weighted by atomic mass is 9.97. The lowest BCUT2D eigenvalue weighted by Crippen LogP contribution is -2.53. The molecular weight excluding hydrogens is 260 g/mol. The van der Waals surface area contributed by atoms with Crippen molar-refractivity contribution >= 4 is 17.8 Å². The number of aliphatic carboxylic acids is 1. The number of carboxylic acids is 1. The maximum Gasteiger partial charge on any atom is 0.329 e. The summed E-state index contributed by atoms with van der Waals surface area (Å²) in [5, 5.41) is 11.7. The summed E-state index contributed by atoms with van der Waals surface area (Å²) in [6, 6.07) is 0. The van der Waals surface area contributed by atoms with Gasteiger partial charge in [-0.15, -0.1) is 0 Å². The highest BCUT2D eigenvalue weighted by Gasteiger charge is 2.40. The summed E-state index contributed by atoms with van der Waals surface area (Å²) in [4.78, 5) is 36.9. The van der Waals surface area contributed by atoms with Gasteiger partial charge in [0, 0.05) is 19.5 Å². The van der Waals surface area contributed by atoms with Crippen LogP contribution in [0.25, 0.3) is 0 Å². The van der Waals surface area contributed by atoms with Crippen molar-refractivity contribution < 1.29 is 19.5 Å². The van der Waals surface area contributed by atoms with E-state index >= 15 is 0 Å². The molecule has 2 unspecified atom stereocenters. The normalized spacial score (nSPS) is 25.4. The number of hydrogen-bond donors (Lipinski definition) is 2. The first kappa shape index (κ1) is 14.8. The molecule has 6 heteroatoms. The molecule has 0 aromatic carbocycles. The molecule has 2 atom stereocenters. The lowest BCUT2D eigenvalue weighted by molar-refractivity contribution is -0.147. The molecule has 112 valence electrons. The number of carbonyl (C=O) groups excluding carboxylic acids is 2. The van der Waals surface area contributed by atoms with Gasteiger partial charge >= 0.3 is 5.97 Å². The number of nitrogens with one attached hydrogen (secondary N) is 1. The molecular formula is C14H22N2O4. The first-order valence-corrected chi connectivity index (χ1v) is 7.19. The van der Waals surface area contributed by atoms with Crippen LogP contribution in [0.3, 0.4) is 0 Å². The molecule has 2 rings (SSSR count). The van der Waals surface area contributed by atoms with E-state index in [1.807, 2.05) is 0 Å². The monoisotopic (exact) mass is 282 g/mol. The minimum atomic E-state index is -1.26. The number of carboxylic acid groups (broad SMARTS) is 1. The highest BCUT2D eigenvalue weighted by atomic mass is 16.4. The Kier molecular flexibility index (Phi) is 4.01. The molecule has 1 saturated carbocycles. The predicted octanol–water partition coefficient (Wildman–Crippen LogP) is 0.614. The second-order valence-electron chi connectivity index (χ2n) is 6.12. The third-order valence-corrected chi connectivity index (χ3v) is 4.34. The Morgan fingerprint density at radius 1 is 1.45 bits per heavy atom. The fourth-order valence-electron chi connectivity index (χ4n) is 2.40. The van der Waals surface area contributed by atoms with Crippen molar-refractivity contribution in [1.29, 1.82) is 0 Å². The highest BCUT2D eigenvalue weighted by Crippen LogP contribution is 2.32. The van der Waals surface area contributed by atoms with Crippen LogP contribution in [0.4, 0.5) is 0 Å². The third-order valence-electron chi connectivity index (χ3n) is 4.34. The number of amides is 2. The van der Waals surface area contributed by atoms with E-state index in [2.05, 4.69) is 5.32 Å².